The van der Waals surface area contributed by atoms with Crippen molar-refractivity contribution in [3.8, 4) is 11.1 Å². The van der Waals surface area contributed by atoms with Gasteiger partial charge in [-0.3, -0.25) is 10.2 Å². The van der Waals surface area contributed by atoms with Crippen LogP contribution in [0.1, 0.15) is 36.9 Å². The van der Waals surface area contributed by atoms with Crippen LogP contribution in [0.4, 0.5) is 0 Å². The summed E-state index contributed by atoms with van der Waals surface area (Å²) in [7, 11) is -1.90. The molecule has 5 nitrogen and oxygen atoms in total. The molecular weight excluding hydrogens is 320 g/mol. The van der Waals surface area contributed by atoms with E-state index in [0.29, 0.717) is 6.61 Å². The molecule has 2 aromatic rings. The van der Waals surface area contributed by atoms with Gasteiger partial charge in [0.2, 0.25) is 5.76 Å². The van der Waals surface area contributed by atoms with Gasteiger partial charge in [-0.05, 0) is 23.7 Å². The Bertz CT molecular complexity index is 703. The number of nitrogens with two attached hydrogens (primary N) is 1. The second-order valence-corrected chi connectivity index (χ2v) is 12.2. The number of benzene rings is 1. The molecular formula is C18H26N2O3Si. The standard InChI is InChI=1S/C18H26N2O3Si/c1-18(2,3)24(4,5)23-12-14-11-22-16(17(21)20-19)15(14)13-9-7-6-8-10-13/h6-11H,12,19H2,1-5H3,(H,20,21). The average Bonchev–Trinajstić information content (AvgIpc) is 2.96. The van der Waals surface area contributed by atoms with Gasteiger partial charge >= 0.3 is 5.91 Å². The number of carbonyl (C=O) groups is 1. The van der Waals surface area contributed by atoms with Gasteiger partial charge < -0.3 is 8.84 Å². The number of hydrogen-bond donors (Lipinski definition) is 2. The smallest absolute Gasteiger partial charge is 0.301 e. The number of rotatable bonds is 5. The fourth-order valence-electron chi connectivity index (χ4n) is 2.13. The summed E-state index contributed by atoms with van der Waals surface area (Å²) in [5.74, 6) is 5.03. The van der Waals surface area contributed by atoms with Crippen LogP contribution in [-0.2, 0) is 11.0 Å². The van der Waals surface area contributed by atoms with E-state index in [1.54, 1.807) is 6.26 Å². The van der Waals surface area contributed by atoms with Gasteiger partial charge in [0, 0.05) is 11.1 Å². The third kappa shape index (κ3) is 3.77. The van der Waals surface area contributed by atoms with Crippen LogP contribution < -0.4 is 11.3 Å². The number of hydrazine groups is 1. The molecule has 2 rings (SSSR count). The normalized spacial score (nSPS) is 12.2. The summed E-state index contributed by atoms with van der Waals surface area (Å²) < 4.78 is 11.8. The Kier molecular flexibility index (Phi) is 5.32. The van der Waals surface area contributed by atoms with Crippen molar-refractivity contribution in [3.63, 3.8) is 0 Å². The average molecular weight is 347 g/mol. The second-order valence-electron chi connectivity index (χ2n) is 7.35. The number of nitrogens with one attached hydrogen (secondary N) is 1. The summed E-state index contributed by atoms with van der Waals surface area (Å²) in [6, 6.07) is 9.65. The van der Waals surface area contributed by atoms with Crippen molar-refractivity contribution >= 4 is 14.2 Å². The molecule has 0 saturated heterocycles. The van der Waals surface area contributed by atoms with Gasteiger partial charge in [0.25, 0.3) is 0 Å². The number of nitrogen functional groups attached to an aromatic ring is 1. The van der Waals surface area contributed by atoms with Crippen LogP contribution >= 0.6 is 0 Å². The first-order valence-electron chi connectivity index (χ1n) is 7.98. The minimum Gasteiger partial charge on any atom is -0.458 e. The number of amides is 1. The van der Waals surface area contributed by atoms with E-state index in [4.69, 9.17) is 14.7 Å². The molecule has 6 heteroatoms. The van der Waals surface area contributed by atoms with Gasteiger partial charge in [-0.25, -0.2) is 5.84 Å². The third-order valence-corrected chi connectivity index (χ3v) is 9.14. The Morgan fingerprint density at radius 2 is 1.88 bits per heavy atom. The highest BCUT2D eigenvalue weighted by atomic mass is 28.4. The van der Waals surface area contributed by atoms with E-state index in [0.717, 1.165) is 16.7 Å². The first-order chi connectivity index (χ1) is 11.2. The van der Waals surface area contributed by atoms with Gasteiger partial charge in [-0.1, -0.05) is 51.1 Å². The SMILES string of the molecule is CC(C)(C)[Si](C)(C)OCc1coc(C(=O)NN)c1-c1ccccc1. The summed E-state index contributed by atoms with van der Waals surface area (Å²) in [6.07, 6.45) is 1.58. The Morgan fingerprint density at radius 1 is 1.25 bits per heavy atom. The van der Waals surface area contributed by atoms with Crippen LogP contribution in [0.15, 0.2) is 41.0 Å². The van der Waals surface area contributed by atoms with Crippen molar-refractivity contribution < 1.29 is 13.6 Å². The van der Waals surface area contributed by atoms with Crippen LogP contribution in [0.3, 0.4) is 0 Å². The maximum atomic E-state index is 12.0. The molecule has 3 N–H and O–H groups in total. The van der Waals surface area contributed by atoms with Gasteiger partial charge in [0.05, 0.1) is 12.9 Å². The van der Waals surface area contributed by atoms with Gasteiger partial charge in [-0.15, -0.1) is 0 Å². The maximum Gasteiger partial charge on any atom is 0.301 e. The molecule has 0 bridgehead atoms. The van der Waals surface area contributed by atoms with Crippen molar-refractivity contribution in [2.75, 3.05) is 0 Å². The topological polar surface area (TPSA) is 77.5 Å². The largest absolute Gasteiger partial charge is 0.458 e. The van der Waals surface area contributed by atoms with E-state index in [9.17, 15) is 4.79 Å². The molecule has 1 aromatic heterocycles. The number of furan rings is 1. The molecule has 0 unspecified atom stereocenters. The quantitative estimate of drug-likeness (QED) is 0.370. The van der Waals surface area contributed by atoms with Crippen molar-refractivity contribution in [2.24, 2.45) is 5.84 Å². The van der Waals surface area contributed by atoms with Crippen molar-refractivity contribution in [2.45, 2.75) is 45.5 Å². The highest BCUT2D eigenvalue weighted by Gasteiger charge is 2.37. The molecule has 0 aliphatic carbocycles. The lowest BCUT2D eigenvalue weighted by Crippen LogP contribution is -2.40. The van der Waals surface area contributed by atoms with Crippen LogP contribution in [0.25, 0.3) is 11.1 Å². The van der Waals surface area contributed by atoms with E-state index < -0.39 is 14.2 Å². The summed E-state index contributed by atoms with van der Waals surface area (Å²) in [6.45, 7) is 11.4. The minimum absolute atomic E-state index is 0.112. The van der Waals surface area contributed by atoms with Crippen LogP contribution in [-0.4, -0.2) is 14.2 Å². The molecule has 0 fully saturated rings. The molecule has 130 valence electrons. The van der Waals surface area contributed by atoms with Crippen LogP contribution in [0, 0.1) is 0 Å². The predicted molar refractivity (Wildman–Crippen MR) is 97.8 cm³/mol. The van der Waals surface area contributed by atoms with Gasteiger partial charge in [-0.2, -0.15) is 0 Å². The second kappa shape index (κ2) is 6.92. The van der Waals surface area contributed by atoms with E-state index >= 15 is 0 Å². The van der Waals surface area contributed by atoms with Gasteiger partial charge in [0.1, 0.15) is 0 Å². The fraction of sp³-hybridized carbons (Fsp3) is 0.389. The summed E-state index contributed by atoms with van der Waals surface area (Å²) in [5.41, 5.74) is 4.62. The summed E-state index contributed by atoms with van der Waals surface area (Å²) in [4.78, 5) is 12.0. The Morgan fingerprint density at radius 3 is 2.42 bits per heavy atom. The highest BCUT2D eigenvalue weighted by molar-refractivity contribution is 6.74. The van der Waals surface area contributed by atoms with E-state index in [1.807, 2.05) is 30.3 Å². The summed E-state index contributed by atoms with van der Waals surface area (Å²) >= 11 is 0. The lowest BCUT2D eigenvalue weighted by Gasteiger charge is -2.36. The fourth-order valence-corrected chi connectivity index (χ4v) is 3.08. The number of carbonyl (C=O) groups excluding carboxylic acids is 1. The molecule has 0 radical (unpaired) electrons. The zero-order valence-corrected chi connectivity index (χ0v) is 16.0. The lowest BCUT2D eigenvalue weighted by atomic mass is 10.0. The lowest BCUT2D eigenvalue weighted by molar-refractivity contribution is 0.0927. The van der Waals surface area contributed by atoms with Crippen LogP contribution in [0.5, 0.6) is 0 Å². The molecule has 0 saturated carbocycles. The Labute approximate surface area is 144 Å². The Balaban J connectivity index is 2.38. The van der Waals surface area contributed by atoms with Crippen molar-refractivity contribution in [1.82, 2.24) is 5.43 Å². The molecule has 0 aliphatic heterocycles. The monoisotopic (exact) mass is 346 g/mol. The zero-order valence-electron chi connectivity index (χ0n) is 15.0. The third-order valence-electron chi connectivity index (χ3n) is 4.66. The van der Waals surface area contributed by atoms with Crippen LogP contribution in [0.2, 0.25) is 18.1 Å². The maximum absolute atomic E-state index is 12.0. The van der Waals surface area contributed by atoms with Crippen molar-refractivity contribution in [1.29, 1.82) is 0 Å². The summed E-state index contributed by atoms with van der Waals surface area (Å²) in [5, 5.41) is 0.112. The molecule has 24 heavy (non-hydrogen) atoms. The van der Waals surface area contributed by atoms with Crippen molar-refractivity contribution in [3.05, 3.63) is 47.9 Å². The highest BCUT2D eigenvalue weighted by Crippen LogP contribution is 2.38. The molecule has 0 aliphatic rings. The minimum atomic E-state index is -1.90. The van der Waals surface area contributed by atoms with Gasteiger partial charge in [0.15, 0.2) is 8.32 Å². The zero-order chi connectivity index (χ0) is 18.0. The van der Waals surface area contributed by atoms with E-state index in [1.165, 1.54) is 0 Å². The molecule has 1 amide bonds. The predicted octanol–water partition coefficient (Wildman–Crippen LogP) is 4.07. The van der Waals surface area contributed by atoms with E-state index in [2.05, 4.69) is 39.3 Å². The molecule has 1 heterocycles. The first-order valence-corrected chi connectivity index (χ1v) is 10.9. The molecule has 0 atom stereocenters. The molecule has 1 aromatic carbocycles. The first kappa shape index (κ1) is 18.4. The molecule has 0 spiro atoms. The Hall–Kier alpha value is -1.89. The van der Waals surface area contributed by atoms with E-state index in [-0.39, 0.29) is 10.8 Å². The number of hydrogen-bond acceptors (Lipinski definition) is 4.